The van der Waals surface area contributed by atoms with Crippen molar-refractivity contribution < 1.29 is 10.0 Å². The average molecular weight is 258 g/mol. The van der Waals surface area contributed by atoms with Crippen LogP contribution in [0.25, 0.3) is 10.9 Å². The molecule has 0 bridgehead atoms. The highest BCUT2D eigenvalue weighted by molar-refractivity contribution is 9.10. The molecule has 1 heterocycles. The second kappa shape index (κ2) is 2.95. The van der Waals surface area contributed by atoms with E-state index >= 15 is 0 Å². The molecule has 6 nitrogen and oxygen atoms in total. The van der Waals surface area contributed by atoms with Crippen molar-refractivity contribution in [3.63, 3.8) is 0 Å². The summed E-state index contributed by atoms with van der Waals surface area (Å²) in [7, 11) is 0. The molecule has 0 aliphatic carbocycles. The summed E-state index contributed by atoms with van der Waals surface area (Å²) >= 11 is 3.11. The molecule has 0 atom stereocenters. The summed E-state index contributed by atoms with van der Waals surface area (Å²) in [6, 6.07) is 2.44. The number of nitro groups is 1. The van der Waals surface area contributed by atoms with Crippen LogP contribution in [0.4, 0.5) is 5.69 Å². The summed E-state index contributed by atoms with van der Waals surface area (Å²) in [5.41, 5.74) is 0.171. The van der Waals surface area contributed by atoms with Crippen molar-refractivity contribution >= 4 is 32.5 Å². The maximum atomic E-state index is 10.6. The topological polar surface area (TPSA) is 92.1 Å². The molecule has 0 saturated heterocycles. The van der Waals surface area contributed by atoms with Gasteiger partial charge in [0.05, 0.1) is 11.0 Å². The van der Waals surface area contributed by atoms with E-state index in [1.165, 1.54) is 6.07 Å². The van der Waals surface area contributed by atoms with Crippen LogP contribution in [0.15, 0.2) is 16.7 Å². The molecule has 0 unspecified atom stereocenters. The van der Waals surface area contributed by atoms with Crippen LogP contribution in [0.1, 0.15) is 0 Å². The third-order valence-corrected chi connectivity index (χ3v) is 2.35. The van der Waals surface area contributed by atoms with Gasteiger partial charge >= 0.3 is 0 Å². The highest BCUT2D eigenvalue weighted by Gasteiger charge is 2.18. The van der Waals surface area contributed by atoms with Gasteiger partial charge in [-0.2, -0.15) is 5.10 Å². The Balaban J connectivity index is 2.90. The lowest BCUT2D eigenvalue weighted by Gasteiger charge is -1.95. The first kappa shape index (κ1) is 8.95. The molecule has 0 saturated carbocycles. The number of non-ortho nitro benzene ring substituents is 1. The largest absolute Gasteiger partial charge is 0.508 e. The van der Waals surface area contributed by atoms with Gasteiger partial charge in [-0.3, -0.25) is 15.2 Å². The third kappa shape index (κ3) is 1.22. The number of hydrogen-bond acceptors (Lipinski definition) is 4. The van der Waals surface area contributed by atoms with Crippen molar-refractivity contribution in [1.29, 1.82) is 0 Å². The van der Waals surface area contributed by atoms with Crippen LogP contribution in [0.3, 0.4) is 0 Å². The zero-order valence-electron chi connectivity index (χ0n) is 6.69. The Labute approximate surface area is 85.8 Å². The van der Waals surface area contributed by atoms with Crippen molar-refractivity contribution in [2.24, 2.45) is 0 Å². The predicted molar refractivity (Wildman–Crippen MR) is 52.1 cm³/mol. The fraction of sp³-hybridized carbons (Fsp3) is 0. The van der Waals surface area contributed by atoms with E-state index in [1.807, 2.05) is 0 Å². The third-order valence-electron chi connectivity index (χ3n) is 1.77. The van der Waals surface area contributed by atoms with Gasteiger partial charge in [-0.25, -0.2) is 0 Å². The average Bonchev–Trinajstić information content (AvgIpc) is 2.46. The Hall–Kier alpha value is -1.63. The van der Waals surface area contributed by atoms with E-state index in [4.69, 9.17) is 0 Å². The summed E-state index contributed by atoms with van der Waals surface area (Å²) < 4.78 is 0.430. The summed E-state index contributed by atoms with van der Waals surface area (Å²) in [6.45, 7) is 0. The highest BCUT2D eigenvalue weighted by Crippen LogP contribution is 2.33. The molecular weight excluding hydrogens is 254 g/mol. The molecule has 0 spiro atoms. The number of benzene rings is 1. The van der Waals surface area contributed by atoms with E-state index in [-0.39, 0.29) is 11.4 Å². The minimum atomic E-state index is -0.567. The van der Waals surface area contributed by atoms with Gasteiger partial charge in [0.25, 0.3) is 5.69 Å². The van der Waals surface area contributed by atoms with Crippen molar-refractivity contribution in [2.45, 2.75) is 0 Å². The summed E-state index contributed by atoms with van der Waals surface area (Å²) in [5.74, 6) is -0.178. The van der Waals surface area contributed by atoms with E-state index in [0.717, 1.165) is 6.07 Å². The summed E-state index contributed by atoms with van der Waals surface area (Å²) in [5, 5.41) is 26.5. The van der Waals surface area contributed by atoms with Crippen LogP contribution >= 0.6 is 15.9 Å². The van der Waals surface area contributed by atoms with E-state index in [0.29, 0.717) is 15.5 Å². The number of phenolic OH excluding ortho intramolecular Hbond substituents is 1. The fourth-order valence-electron chi connectivity index (χ4n) is 1.22. The monoisotopic (exact) mass is 257 g/mol. The van der Waals surface area contributed by atoms with Gasteiger partial charge in [0, 0.05) is 6.07 Å². The number of fused-ring (bicyclic) bond motifs is 1. The lowest BCUT2D eigenvalue weighted by molar-refractivity contribution is -0.383. The van der Waals surface area contributed by atoms with Gasteiger partial charge in [0.15, 0.2) is 0 Å². The lowest BCUT2D eigenvalue weighted by atomic mass is 10.2. The maximum absolute atomic E-state index is 10.6. The molecule has 2 rings (SSSR count). The standard InChI is InChI=1S/C7H4BrN3O3/c8-7-6-4(9-10-7)1-3(12)2-5(6)11(13)14/h1-2,12H,(H,9,10). The minimum absolute atomic E-state index is 0.178. The Kier molecular flexibility index (Phi) is 1.88. The molecule has 7 heteroatoms. The second-order valence-electron chi connectivity index (χ2n) is 2.65. The number of nitrogens with one attached hydrogen (secondary N) is 1. The number of phenols is 1. The number of hydrogen-bond donors (Lipinski definition) is 2. The van der Waals surface area contributed by atoms with E-state index in [9.17, 15) is 15.2 Å². The highest BCUT2D eigenvalue weighted by atomic mass is 79.9. The Morgan fingerprint density at radius 1 is 1.57 bits per heavy atom. The second-order valence-corrected chi connectivity index (χ2v) is 3.45. The predicted octanol–water partition coefficient (Wildman–Crippen LogP) is 1.94. The summed E-state index contributed by atoms with van der Waals surface area (Å²) in [6.07, 6.45) is 0. The van der Waals surface area contributed by atoms with Crippen LogP contribution in [-0.2, 0) is 0 Å². The molecule has 0 fully saturated rings. The quantitative estimate of drug-likeness (QED) is 0.603. The van der Waals surface area contributed by atoms with Crippen LogP contribution in [0, 0.1) is 10.1 Å². The number of halogens is 1. The molecule has 0 aliphatic heterocycles. The van der Waals surface area contributed by atoms with Gasteiger partial charge < -0.3 is 5.11 Å². The minimum Gasteiger partial charge on any atom is -0.508 e. The molecule has 0 radical (unpaired) electrons. The van der Waals surface area contributed by atoms with Crippen molar-refractivity contribution in [1.82, 2.24) is 10.2 Å². The van der Waals surface area contributed by atoms with Gasteiger partial charge in [-0.05, 0) is 15.9 Å². The number of rotatable bonds is 1. The van der Waals surface area contributed by atoms with Crippen molar-refractivity contribution in [3.8, 4) is 5.75 Å². The van der Waals surface area contributed by atoms with Crippen LogP contribution in [-0.4, -0.2) is 20.2 Å². The molecule has 72 valence electrons. The smallest absolute Gasteiger partial charge is 0.285 e. The van der Waals surface area contributed by atoms with Gasteiger partial charge in [0.1, 0.15) is 21.3 Å². The van der Waals surface area contributed by atoms with Gasteiger partial charge in [0.2, 0.25) is 0 Å². The molecule has 2 N–H and O–H groups in total. The van der Waals surface area contributed by atoms with Crippen molar-refractivity contribution in [2.75, 3.05) is 0 Å². The Morgan fingerprint density at radius 2 is 2.29 bits per heavy atom. The molecular formula is C7H4BrN3O3. The number of aromatic hydroxyl groups is 1. The summed E-state index contributed by atoms with van der Waals surface area (Å²) in [4.78, 5) is 10.1. The Bertz CT molecular complexity index is 522. The molecule has 0 amide bonds. The normalized spacial score (nSPS) is 10.6. The van der Waals surface area contributed by atoms with Gasteiger partial charge in [-0.1, -0.05) is 0 Å². The van der Waals surface area contributed by atoms with Crippen LogP contribution in [0.2, 0.25) is 0 Å². The molecule has 1 aromatic heterocycles. The zero-order valence-corrected chi connectivity index (χ0v) is 8.28. The van der Waals surface area contributed by atoms with E-state index in [1.54, 1.807) is 0 Å². The molecule has 1 aromatic carbocycles. The lowest BCUT2D eigenvalue weighted by Crippen LogP contribution is -1.88. The first-order valence-electron chi connectivity index (χ1n) is 3.60. The first-order valence-corrected chi connectivity index (χ1v) is 4.40. The number of H-pyrrole nitrogens is 1. The number of nitrogens with zero attached hydrogens (tertiary/aromatic N) is 2. The SMILES string of the molecule is O=[N+]([O-])c1cc(O)cc2n[nH]c(Br)c12. The maximum Gasteiger partial charge on any atom is 0.285 e. The molecule has 14 heavy (non-hydrogen) atoms. The fourth-order valence-corrected chi connectivity index (χ4v) is 1.71. The number of nitro benzene ring substituents is 1. The van der Waals surface area contributed by atoms with E-state index in [2.05, 4.69) is 26.1 Å². The number of aromatic nitrogens is 2. The van der Waals surface area contributed by atoms with Crippen molar-refractivity contribution in [3.05, 3.63) is 26.9 Å². The Morgan fingerprint density at radius 3 is 2.93 bits per heavy atom. The van der Waals surface area contributed by atoms with Crippen LogP contribution < -0.4 is 0 Å². The van der Waals surface area contributed by atoms with Gasteiger partial charge in [-0.15, -0.1) is 0 Å². The van der Waals surface area contributed by atoms with E-state index < -0.39 is 4.92 Å². The first-order chi connectivity index (χ1) is 6.59. The molecule has 0 aliphatic rings. The number of aromatic amines is 1. The molecule has 2 aromatic rings. The zero-order chi connectivity index (χ0) is 10.3. The van der Waals surface area contributed by atoms with Crippen LogP contribution in [0.5, 0.6) is 5.75 Å².